The SMILES string of the molecule is Cc1cc(-c2cc(C3=CCC(Br)C=C3)[nH]c(=O)n2)ccc1O. The van der Waals surface area contributed by atoms with E-state index in [4.69, 9.17) is 0 Å². The summed E-state index contributed by atoms with van der Waals surface area (Å²) in [6.45, 7) is 1.81. The lowest BCUT2D eigenvalue weighted by molar-refractivity contribution is 0.471. The lowest BCUT2D eigenvalue weighted by Crippen LogP contribution is -2.13. The quantitative estimate of drug-likeness (QED) is 0.806. The molecule has 1 unspecified atom stereocenters. The molecule has 1 aliphatic rings. The van der Waals surface area contributed by atoms with Crippen molar-refractivity contribution in [1.29, 1.82) is 0 Å². The number of H-pyrrole nitrogens is 1. The van der Waals surface area contributed by atoms with E-state index in [1.165, 1.54) is 0 Å². The van der Waals surface area contributed by atoms with Crippen molar-refractivity contribution in [1.82, 2.24) is 9.97 Å². The number of nitrogens with zero attached hydrogens (tertiary/aromatic N) is 1. The van der Waals surface area contributed by atoms with E-state index in [1.807, 2.05) is 25.1 Å². The molecule has 1 aromatic heterocycles. The second-order valence-corrected chi connectivity index (χ2v) is 6.43. The molecule has 0 fully saturated rings. The normalized spacial score (nSPS) is 17.4. The summed E-state index contributed by atoms with van der Waals surface area (Å²) in [5.74, 6) is 0.232. The van der Waals surface area contributed by atoms with E-state index in [-0.39, 0.29) is 11.4 Å². The van der Waals surface area contributed by atoms with Crippen LogP contribution in [0.15, 0.2) is 47.3 Å². The van der Waals surface area contributed by atoms with Crippen molar-refractivity contribution >= 4 is 21.5 Å². The van der Waals surface area contributed by atoms with E-state index >= 15 is 0 Å². The zero-order valence-electron chi connectivity index (χ0n) is 12.0. The second kappa shape index (κ2) is 5.93. The lowest BCUT2D eigenvalue weighted by atomic mass is 10.0. The number of alkyl halides is 1. The fraction of sp³-hybridized carbons (Fsp3) is 0.176. The molecule has 4 nitrogen and oxygen atoms in total. The molecule has 0 amide bonds. The van der Waals surface area contributed by atoms with E-state index in [0.29, 0.717) is 10.5 Å². The molecule has 112 valence electrons. The van der Waals surface area contributed by atoms with Gasteiger partial charge < -0.3 is 10.1 Å². The number of hydrogen-bond donors (Lipinski definition) is 2. The van der Waals surface area contributed by atoms with Crippen molar-refractivity contribution in [3.63, 3.8) is 0 Å². The van der Waals surface area contributed by atoms with Gasteiger partial charge in [0.15, 0.2) is 0 Å². The summed E-state index contributed by atoms with van der Waals surface area (Å²) in [5.41, 5.74) is 3.50. The third kappa shape index (κ3) is 3.04. The summed E-state index contributed by atoms with van der Waals surface area (Å²) in [7, 11) is 0. The molecule has 1 aromatic carbocycles. The number of hydrogen-bond acceptors (Lipinski definition) is 3. The summed E-state index contributed by atoms with van der Waals surface area (Å²) in [5, 5.41) is 9.62. The minimum absolute atomic E-state index is 0.232. The predicted molar refractivity (Wildman–Crippen MR) is 91.1 cm³/mol. The maximum atomic E-state index is 11.9. The Hall–Kier alpha value is -2.14. The summed E-state index contributed by atoms with van der Waals surface area (Å²) in [6.07, 6.45) is 7.00. The Balaban J connectivity index is 2.05. The van der Waals surface area contributed by atoms with Gasteiger partial charge in [0, 0.05) is 10.4 Å². The number of aromatic nitrogens is 2. The highest BCUT2D eigenvalue weighted by Crippen LogP contribution is 2.27. The van der Waals surface area contributed by atoms with Crippen LogP contribution in [0.5, 0.6) is 5.75 Å². The van der Waals surface area contributed by atoms with Crippen LogP contribution in [0.1, 0.15) is 17.7 Å². The molecule has 0 spiro atoms. The number of aromatic amines is 1. The number of benzene rings is 1. The largest absolute Gasteiger partial charge is 0.508 e. The van der Waals surface area contributed by atoms with E-state index in [0.717, 1.165) is 28.8 Å². The molecule has 0 radical (unpaired) electrons. The number of rotatable bonds is 2. The Kier molecular flexibility index (Phi) is 3.98. The Bertz CT molecular complexity index is 837. The molecule has 0 aliphatic heterocycles. The summed E-state index contributed by atoms with van der Waals surface area (Å²) >= 11 is 3.53. The first kappa shape index (κ1) is 14.8. The standard InChI is InChI=1S/C17H15BrN2O2/c1-10-8-12(4-7-16(10)21)15-9-14(19-17(22)20-15)11-2-5-13(18)6-3-11/h2-5,7-9,13,21H,6H2,1H3,(H,19,20,22). The van der Waals surface area contributed by atoms with Gasteiger partial charge >= 0.3 is 5.69 Å². The third-order valence-corrected chi connectivity index (χ3v) is 4.27. The van der Waals surface area contributed by atoms with Gasteiger partial charge in [-0.05, 0) is 48.7 Å². The van der Waals surface area contributed by atoms with Crippen molar-refractivity contribution in [2.75, 3.05) is 0 Å². The maximum Gasteiger partial charge on any atom is 0.345 e. The highest BCUT2D eigenvalue weighted by molar-refractivity contribution is 9.09. The molecule has 22 heavy (non-hydrogen) atoms. The molecule has 2 N–H and O–H groups in total. The first-order chi connectivity index (χ1) is 10.5. The van der Waals surface area contributed by atoms with E-state index < -0.39 is 0 Å². The van der Waals surface area contributed by atoms with Crippen molar-refractivity contribution in [3.05, 3.63) is 64.2 Å². The molecular formula is C17H15BrN2O2. The van der Waals surface area contributed by atoms with Crippen molar-refractivity contribution in [2.24, 2.45) is 0 Å². The minimum Gasteiger partial charge on any atom is -0.508 e. The average molecular weight is 359 g/mol. The fourth-order valence-electron chi connectivity index (χ4n) is 2.37. The van der Waals surface area contributed by atoms with Gasteiger partial charge in [-0.3, -0.25) is 0 Å². The zero-order valence-corrected chi connectivity index (χ0v) is 13.6. The first-order valence-corrected chi connectivity index (χ1v) is 7.88. The number of aryl methyl sites for hydroxylation is 1. The number of phenolic OH excluding ortho intramolecular Hbond substituents is 1. The van der Waals surface area contributed by atoms with Crippen LogP contribution in [0.3, 0.4) is 0 Å². The molecule has 0 saturated carbocycles. The molecule has 2 aromatic rings. The van der Waals surface area contributed by atoms with Gasteiger partial charge in [0.25, 0.3) is 0 Å². The average Bonchev–Trinajstić information content (AvgIpc) is 2.50. The molecule has 1 heterocycles. The minimum atomic E-state index is -0.381. The van der Waals surface area contributed by atoms with Gasteiger partial charge in [0.1, 0.15) is 5.75 Å². The van der Waals surface area contributed by atoms with Gasteiger partial charge in [-0.15, -0.1) is 0 Å². The van der Waals surface area contributed by atoms with Gasteiger partial charge in [-0.25, -0.2) is 4.79 Å². The van der Waals surface area contributed by atoms with Crippen LogP contribution in [0.4, 0.5) is 0 Å². The Morgan fingerprint density at radius 3 is 2.86 bits per heavy atom. The van der Waals surface area contributed by atoms with Gasteiger partial charge in [-0.2, -0.15) is 4.98 Å². The van der Waals surface area contributed by atoms with Crippen LogP contribution in [0.25, 0.3) is 16.8 Å². The summed E-state index contributed by atoms with van der Waals surface area (Å²) in [6, 6.07) is 7.05. The number of halogens is 1. The molecular weight excluding hydrogens is 344 g/mol. The summed E-state index contributed by atoms with van der Waals surface area (Å²) < 4.78 is 0. The number of nitrogens with one attached hydrogen (secondary N) is 1. The topological polar surface area (TPSA) is 66.0 Å². The molecule has 1 aliphatic carbocycles. The number of phenols is 1. The monoisotopic (exact) mass is 358 g/mol. The Labute approximate surface area is 136 Å². The lowest BCUT2D eigenvalue weighted by Gasteiger charge is -2.11. The second-order valence-electron chi connectivity index (χ2n) is 5.26. The van der Waals surface area contributed by atoms with Gasteiger partial charge in [0.05, 0.1) is 11.4 Å². The van der Waals surface area contributed by atoms with Crippen LogP contribution >= 0.6 is 15.9 Å². The molecule has 5 heteroatoms. The van der Waals surface area contributed by atoms with Gasteiger partial charge in [-0.1, -0.05) is 34.2 Å². The Morgan fingerprint density at radius 2 is 2.18 bits per heavy atom. The van der Waals surface area contributed by atoms with Crippen LogP contribution in [0, 0.1) is 6.92 Å². The first-order valence-electron chi connectivity index (χ1n) is 6.97. The zero-order chi connectivity index (χ0) is 15.7. The smallest absolute Gasteiger partial charge is 0.345 e. The molecule has 3 rings (SSSR count). The van der Waals surface area contributed by atoms with Crippen LogP contribution in [-0.2, 0) is 0 Å². The van der Waals surface area contributed by atoms with Gasteiger partial charge in [0.2, 0.25) is 0 Å². The van der Waals surface area contributed by atoms with Crippen LogP contribution < -0.4 is 5.69 Å². The van der Waals surface area contributed by atoms with Crippen molar-refractivity contribution in [3.8, 4) is 17.0 Å². The maximum absolute atomic E-state index is 11.9. The summed E-state index contributed by atoms with van der Waals surface area (Å²) in [4.78, 5) is 19.0. The predicted octanol–water partition coefficient (Wildman–Crippen LogP) is 3.56. The molecule has 0 saturated heterocycles. The van der Waals surface area contributed by atoms with Crippen molar-refractivity contribution < 1.29 is 5.11 Å². The molecule has 0 bridgehead atoms. The van der Waals surface area contributed by atoms with E-state index in [2.05, 4.69) is 38.0 Å². The fourth-order valence-corrected chi connectivity index (χ4v) is 2.71. The molecule has 1 atom stereocenters. The van der Waals surface area contributed by atoms with Crippen LogP contribution in [0.2, 0.25) is 0 Å². The van der Waals surface area contributed by atoms with Crippen molar-refractivity contribution in [2.45, 2.75) is 18.2 Å². The Morgan fingerprint density at radius 1 is 1.36 bits per heavy atom. The highest BCUT2D eigenvalue weighted by Gasteiger charge is 2.10. The highest BCUT2D eigenvalue weighted by atomic mass is 79.9. The number of aromatic hydroxyl groups is 1. The third-order valence-electron chi connectivity index (χ3n) is 3.60. The number of allylic oxidation sites excluding steroid dienone is 4. The van der Waals surface area contributed by atoms with Crippen LogP contribution in [-0.4, -0.2) is 19.9 Å². The van der Waals surface area contributed by atoms with E-state index in [1.54, 1.807) is 12.1 Å². The van der Waals surface area contributed by atoms with E-state index in [9.17, 15) is 9.90 Å².